The molecule has 0 spiro atoms. The molecule has 1 aliphatic carbocycles. The van der Waals surface area contributed by atoms with Gasteiger partial charge in [0.1, 0.15) is 0 Å². The van der Waals surface area contributed by atoms with Crippen molar-refractivity contribution >= 4 is 21.6 Å². The minimum absolute atomic E-state index is 0.0362. The summed E-state index contributed by atoms with van der Waals surface area (Å²) in [4.78, 5) is 12.2. The van der Waals surface area contributed by atoms with Gasteiger partial charge in [0.2, 0.25) is 15.9 Å². The van der Waals surface area contributed by atoms with Crippen LogP contribution in [0.3, 0.4) is 0 Å². The highest BCUT2D eigenvalue weighted by Gasteiger charge is 2.27. The number of hydrogen-bond acceptors (Lipinski definition) is 3. The molecule has 1 amide bonds. The van der Waals surface area contributed by atoms with Crippen molar-refractivity contribution in [3.63, 3.8) is 0 Å². The highest BCUT2D eigenvalue weighted by Crippen LogP contribution is 2.24. The molecule has 0 radical (unpaired) electrons. The molecule has 1 aliphatic rings. The Bertz CT molecular complexity index is 648. The van der Waals surface area contributed by atoms with E-state index in [1.54, 1.807) is 0 Å². The fourth-order valence-electron chi connectivity index (χ4n) is 3.42. The third kappa shape index (κ3) is 6.44. The Morgan fingerprint density at radius 2 is 1.72 bits per heavy atom. The first-order chi connectivity index (χ1) is 11.9. The van der Waals surface area contributed by atoms with Crippen LogP contribution in [0.15, 0.2) is 24.3 Å². The zero-order chi connectivity index (χ0) is 18.3. The van der Waals surface area contributed by atoms with Crippen molar-refractivity contribution in [1.29, 1.82) is 0 Å². The Morgan fingerprint density at radius 3 is 2.24 bits per heavy atom. The summed E-state index contributed by atoms with van der Waals surface area (Å²) in [6, 6.07) is 7.79. The molecule has 0 saturated heterocycles. The van der Waals surface area contributed by atoms with Crippen molar-refractivity contribution in [2.75, 3.05) is 18.1 Å². The molecule has 0 atom stereocenters. The predicted molar refractivity (Wildman–Crippen MR) is 102 cm³/mol. The molecule has 140 valence electrons. The molecular weight excluding hydrogens is 336 g/mol. The lowest BCUT2D eigenvalue weighted by molar-refractivity contribution is -0.116. The van der Waals surface area contributed by atoms with Crippen LogP contribution in [-0.2, 0) is 21.2 Å². The number of hydrogen-bond donors (Lipinski definition) is 1. The number of amides is 1. The van der Waals surface area contributed by atoms with Crippen molar-refractivity contribution in [3.8, 4) is 0 Å². The number of sulfonamides is 1. The molecular formula is C19H30N2O3S. The third-order valence-electron chi connectivity index (χ3n) is 4.86. The van der Waals surface area contributed by atoms with E-state index in [1.165, 1.54) is 29.0 Å². The van der Waals surface area contributed by atoms with E-state index in [-0.39, 0.29) is 24.9 Å². The molecule has 0 unspecified atom stereocenters. The molecule has 25 heavy (non-hydrogen) atoms. The quantitative estimate of drug-likeness (QED) is 0.750. The van der Waals surface area contributed by atoms with E-state index >= 15 is 0 Å². The second kappa shape index (κ2) is 9.34. The summed E-state index contributed by atoms with van der Waals surface area (Å²) in [5, 5.41) is 2.85. The highest BCUT2D eigenvalue weighted by atomic mass is 32.2. The number of nitrogens with one attached hydrogen (secondary N) is 1. The van der Waals surface area contributed by atoms with Gasteiger partial charge in [0, 0.05) is 24.7 Å². The first kappa shape index (κ1) is 19.9. The fourth-order valence-corrected chi connectivity index (χ4v) is 4.60. The number of benzene rings is 1. The van der Waals surface area contributed by atoms with Crippen LogP contribution in [0.5, 0.6) is 0 Å². The first-order valence-electron chi connectivity index (χ1n) is 9.25. The maximum Gasteiger partial charge on any atom is 0.225 e. The summed E-state index contributed by atoms with van der Waals surface area (Å²) in [7, 11) is -3.30. The average molecular weight is 367 g/mol. The topological polar surface area (TPSA) is 66.5 Å². The average Bonchev–Trinajstić information content (AvgIpc) is 2.84. The number of carbonyl (C=O) groups is 1. The number of anilines is 1. The van der Waals surface area contributed by atoms with Gasteiger partial charge in [-0.1, -0.05) is 44.7 Å². The fraction of sp³-hybridized carbons (Fsp3) is 0.632. The van der Waals surface area contributed by atoms with Gasteiger partial charge in [0.25, 0.3) is 0 Å². The van der Waals surface area contributed by atoms with Gasteiger partial charge >= 0.3 is 0 Å². The summed E-state index contributed by atoms with van der Waals surface area (Å²) in [5.74, 6) is -0.147. The van der Waals surface area contributed by atoms with Crippen LogP contribution >= 0.6 is 0 Å². The van der Waals surface area contributed by atoms with Gasteiger partial charge in [0.05, 0.1) is 6.26 Å². The molecule has 0 bridgehead atoms. The zero-order valence-electron chi connectivity index (χ0n) is 15.3. The Hall–Kier alpha value is -1.40. The van der Waals surface area contributed by atoms with Crippen LogP contribution in [-0.4, -0.2) is 37.5 Å². The molecule has 0 heterocycles. The number of aryl methyl sites for hydroxylation is 1. The van der Waals surface area contributed by atoms with Crippen molar-refractivity contribution in [1.82, 2.24) is 4.31 Å². The van der Waals surface area contributed by atoms with Crippen LogP contribution in [0.25, 0.3) is 0 Å². The second-order valence-corrected chi connectivity index (χ2v) is 8.80. The van der Waals surface area contributed by atoms with Crippen LogP contribution in [0.4, 0.5) is 5.69 Å². The molecule has 6 heteroatoms. The maximum atomic E-state index is 12.2. The largest absolute Gasteiger partial charge is 0.326 e. The Balaban J connectivity index is 1.93. The molecule has 1 N–H and O–H groups in total. The maximum absolute atomic E-state index is 12.2. The minimum atomic E-state index is -3.30. The lowest BCUT2D eigenvalue weighted by Crippen LogP contribution is -2.41. The summed E-state index contributed by atoms with van der Waals surface area (Å²) < 4.78 is 25.9. The van der Waals surface area contributed by atoms with Gasteiger partial charge in [-0.3, -0.25) is 4.79 Å². The van der Waals surface area contributed by atoms with Crippen molar-refractivity contribution in [3.05, 3.63) is 29.8 Å². The van der Waals surface area contributed by atoms with E-state index in [2.05, 4.69) is 12.2 Å². The molecule has 5 nitrogen and oxygen atoms in total. The molecule has 2 rings (SSSR count). The van der Waals surface area contributed by atoms with Crippen LogP contribution < -0.4 is 5.32 Å². The van der Waals surface area contributed by atoms with E-state index in [9.17, 15) is 13.2 Å². The van der Waals surface area contributed by atoms with E-state index in [4.69, 9.17) is 0 Å². The SMILES string of the molecule is CCc1ccc(NC(=O)CCN(C2CCCCCC2)S(C)(=O)=O)cc1. The van der Waals surface area contributed by atoms with Crippen molar-refractivity contribution in [2.45, 2.75) is 64.3 Å². The number of rotatable bonds is 7. The summed E-state index contributed by atoms with van der Waals surface area (Å²) >= 11 is 0. The van der Waals surface area contributed by atoms with Gasteiger partial charge in [0.15, 0.2) is 0 Å². The molecule has 1 fully saturated rings. The smallest absolute Gasteiger partial charge is 0.225 e. The predicted octanol–water partition coefficient (Wildman–Crippen LogP) is 3.56. The summed E-state index contributed by atoms with van der Waals surface area (Å²) in [5.41, 5.74) is 1.97. The third-order valence-corrected chi connectivity index (χ3v) is 6.20. The van der Waals surface area contributed by atoms with E-state index in [1.807, 2.05) is 24.3 Å². The van der Waals surface area contributed by atoms with Crippen molar-refractivity contribution < 1.29 is 13.2 Å². The van der Waals surface area contributed by atoms with Gasteiger partial charge in [-0.15, -0.1) is 0 Å². The Kier molecular flexibility index (Phi) is 7.44. The zero-order valence-corrected chi connectivity index (χ0v) is 16.1. The number of nitrogens with zero attached hydrogens (tertiary/aromatic N) is 1. The normalized spacial score (nSPS) is 16.6. The molecule has 0 aliphatic heterocycles. The van der Waals surface area contributed by atoms with Gasteiger partial charge in [-0.05, 0) is 37.0 Å². The summed E-state index contributed by atoms with van der Waals surface area (Å²) in [6.07, 6.45) is 8.64. The molecule has 1 aromatic rings. The van der Waals surface area contributed by atoms with Crippen LogP contribution in [0, 0.1) is 0 Å². The Morgan fingerprint density at radius 1 is 1.12 bits per heavy atom. The van der Waals surface area contributed by atoms with E-state index < -0.39 is 10.0 Å². The van der Waals surface area contributed by atoms with Gasteiger partial charge < -0.3 is 5.32 Å². The molecule has 0 aromatic heterocycles. The van der Waals surface area contributed by atoms with Crippen LogP contribution in [0.1, 0.15) is 57.4 Å². The monoisotopic (exact) mass is 366 g/mol. The highest BCUT2D eigenvalue weighted by molar-refractivity contribution is 7.88. The van der Waals surface area contributed by atoms with Gasteiger partial charge in [-0.2, -0.15) is 4.31 Å². The van der Waals surface area contributed by atoms with Gasteiger partial charge in [-0.25, -0.2) is 8.42 Å². The molecule has 1 aromatic carbocycles. The van der Waals surface area contributed by atoms with Crippen LogP contribution in [0.2, 0.25) is 0 Å². The summed E-state index contributed by atoms with van der Waals surface area (Å²) in [6.45, 7) is 2.34. The minimum Gasteiger partial charge on any atom is -0.326 e. The Labute approximate surface area is 151 Å². The standard InChI is InChI=1S/C19H30N2O3S/c1-3-16-10-12-17(13-11-16)20-19(22)14-15-21(25(2,23)24)18-8-6-4-5-7-9-18/h10-13,18H,3-9,14-15H2,1-2H3,(H,20,22). The van der Waals surface area contributed by atoms with E-state index in [0.717, 1.165) is 37.8 Å². The van der Waals surface area contributed by atoms with E-state index in [0.29, 0.717) is 0 Å². The lowest BCUT2D eigenvalue weighted by Gasteiger charge is -2.28. The second-order valence-electron chi connectivity index (χ2n) is 6.87. The lowest BCUT2D eigenvalue weighted by atomic mass is 10.1. The molecule has 1 saturated carbocycles. The number of carbonyl (C=O) groups excluding carboxylic acids is 1. The van der Waals surface area contributed by atoms with Crippen molar-refractivity contribution in [2.24, 2.45) is 0 Å². The first-order valence-corrected chi connectivity index (χ1v) is 11.1.